The molecule has 7 heteroatoms. The van der Waals surface area contributed by atoms with E-state index in [1.807, 2.05) is 0 Å². The standard InChI is InChI=1S/C4ClF4NS/c5-2-1(4(7,8)9)3(6)11-10-2. The van der Waals surface area contributed by atoms with E-state index in [0.717, 1.165) is 0 Å². The first-order chi connectivity index (χ1) is 4.93. The molecule has 0 aliphatic heterocycles. The maximum absolute atomic E-state index is 12.3. The minimum absolute atomic E-state index is 0.0893. The highest BCUT2D eigenvalue weighted by atomic mass is 35.5. The van der Waals surface area contributed by atoms with Crippen LogP contribution in [-0.2, 0) is 6.18 Å². The van der Waals surface area contributed by atoms with Gasteiger partial charge in [0.15, 0.2) is 5.15 Å². The fourth-order valence-electron chi connectivity index (χ4n) is 0.481. The molecular weight excluding hydrogens is 206 g/mol. The number of halogens is 5. The van der Waals surface area contributed by atoms with Crippen molar-refractivity contribution in [2.24, 2.45) is 0 Å². The Bertz CT molecular complexity index is 248. The number of nitrogens with zero attached hydrogens (tertiary/aromatic N) is 1. The van der Waals surface area contributed by atoms with Crippen molar-refractivity contribution >= 4 is 23.1 Å². The van der Waals surface area contributed by atoms with Gasteiger partial charge in [-0.3, -0.25) is 0 Å². The molecule has 0 saturated heterocycles. The Morgan fingerprint density at radius 1 is 1.36 bits per heavy atom. The Morgan fingerprint density at radius 3 is 2.09 bits per heavy atom. The number of hydrogen-bond donors (Lipinski definition) is 0. The monoisotopic (exact) mass is 205 g/mol. The Kier molecular flexibility index (Phi) is 2.06. The van der Waals surface area contributed by atoms with Crippen LogP contribution in [0.25, 0.3) is 0 Å². The molecule has 0 atom stereocenters. The van der Waals surface area contributed by atoms with Crippen molar-refractivity contribution in [1.82, 2.24) is 4.37 Å². The fraction of sp³-hybridized carbons (Fsp3) is 0.250. The number of aromatic nitrogens is 1. The predicted molar refractivity (Wildman–Crippen MR) is 32.1 cm³/mol. The quantitative estimate of drug-likeness (QED) is 0.594. The average molecular weight is 206 g/mol. The second-order valence-electron chi connectivity index (χ2n) is 1.62. The van der Waals surface area contributed by atoms with Crippen molar-refractivity contribution in [2.75, 3.05) is 0 Å². The molecule has 1 aromatic rings. The smallest absolute Gasteiger partial charge is 0.193 e. The van der Waals surface area contributed by atoms with Gasteiger partial charge in [0.25, 0.3) is 0 Å². The summed E-state index contributed by atoms with van der Waals surface area (Å²) in [6, 6.07) is 0. The molecule has 0 N–H and O–H groups in total. The minimum atomic E-state index is -4.76. The summed E-state index contributed by atoms with van der Waals surface area (Å²) in [5.74, 6) is 0. The molecule has 1 heterocycles. The van der Waals surface area contributed by atoms with Crippen LogP contribution in [0.3, 0.4) is 0 Å². The highest BCUT2D eigenvalue weighted by molar-refractivity contribution is 7.04. The van der Waals surface area contributed by atoms with Crippen LogP contribution in [-0.4, -0.2) is 4.37 Å². The van der Waals surface area contributed by atoms with Gasteiger partial charge in [0.2, 0.25) is 5.13 Å². The van der Waals surface area contributed by atoms with Crippen molar-refractivity contribution in [3.05, 3.63) is 15.8 Å². The van der Waals surface area contributed by atoms with Gasteiger partial charge in [0.1, 0.15) is 5.56 Å². The first-order valence-corrected chi connectivity index (χ1v) is 3.46. The molecule has 0 aliphatic rings. The summed E-state index contributed by atoms with van der Waals surface area (Å²) >= 11 is 5.06. The van der Waals surface area contributed by atoms with Gasteiger partial charge in [0, 0.05) is 0 Å². The summed E-state index contributed by atoms with van der Waals surface area (Å²) in [5, 5.41) is -2.23. The Labute approximate surface area is 67.8 Å². The van der Waals surface area contributed by atoms with E-state index in [4.69, 9.17) is 11.6 Å². The SMILES string of the molecule is Fc1snc(Cl)c1C(F)(F)F. The third kappa shape index (κ3) is 1.62. The van der Waals surface area contributed by atoms with E-state index < -0.39 is 22.0 Å². The molecule has 0 unspecified atom stereocenters. The zero-order valence-electron chi connectivity index (χ0n) is 4.75. The average Bonchev–Trinajstić information content (AvgIpc) is 2.08. The minimum Gasteiger partial charge on any atom is -0.193 e. The van der Waals surface area contributed by atoms with Crippen molar-refractivity contribution < 1.29 is 17.6 Å². The van der Waals surface area contributed by atoms with Gasteiger partial charge in [-0.05, 0) is 11.5 Å². The summed E-state index contributed by atoms with van der Waals surface area (Å²) in [4.78, 5) is 0. The molecule has 0 spiro atoms. The largest absolute Gasteiger partial charge is 0.423 e. The molecule has 1 nitrogen and oxygen atoms in total. The van der Waals surface area contributed by atoms with Crippen LogP contribution < -0.4 is 0 Å². The maximum atomic E-state index is 12.3. The Balaban J connectivity index is 3.21. The first-order valence-electron chi connectivity index (χ1n) is 2.31. The van der Waals surface area contributed by atoms with Crippen LogP contribution in [0.5, 0.6) is 0 Å². The molecule has 62 valence electrons. The summed E-state index contributed by atoms with van der Waals surface area (Å²) in [6.07, 6.45) is -4.76. The third-order valence-electron chi connectivity index (χ3n) is 0.892. The van der Waals surface area contributed by atoms with Crippen LogP contribution in [0.15, 0.2) is 0 Å². The van der Waals surface area contributed by atoms with Gasteiger partial charge < -0.3 is 0 Å². The van der Waals surface area contributed by atoms with Gasteiger partial charge in [-0.1, -0.05) is 11.6 Å². The normalized spacial score (nSPS) is 12.1. The topological polar surface area (TPSA) is 12.9 Å². The fourth-order valence-corrected chi connectivity index (χ4v) is 1.39. The third-order valence-corrected chi connectivity index (χ3v) is 1.90. The van der Waals surface area contributed by atoms with Gasteiger partial charge in [0.05, 0.1) is 0 Å². The molecule has 0 saturated carbocycles. The van der Waals surface area contributed by atoms with Crippen LogP contribution >= 0.6 is 23.1 Å². The number of rotatable bonds is 0. The van der Waals surface area contributed by atoms with Gasteiger partial charge in [-0.2, -0.15) is 21.9 Å². The molecule has 1 rings (SSSR count). The summed E-state index contributed by atoms with van der Waals surface area (Å²) in [6.45, 7) is 0. The van der Waals surface area contributed by atoms with E-state index in [9.17, 15) is 17.6 Å². The summed E-state index contributed by atoms with van der Waals surface area (Å²) in [5.41, 5.74) is -1.48. The molecule has 11 heavy (non-hydrogen) atoms. The molecule has 0 aliphatic carbocycles. The van der Waals surface area contributed by atoms with Crippen LogP contribution in [0.2, 0.25) is 5.15 Å². The zero-order valence-corrected chi connectivity index (χ0v) is 6.32. The molecular formula is C4ClF4NS. The lowest BCUT2D eigenvalue weighted by Gasteiger charge is -2.01. The molecule has 1 aromatic heterocycles. The second-order valence-corrected chi connectivity index (χ2v) is 2.70. The van der Waals surface area contributed by atoms with Gasteiger partial charge in [-0.15, -0.1) is 0 Å². The van der Waals surface area contributed by atoms with Crippen LogP contribution in [0.4, 0.5) is 17.6 Å². The molecule has 0 fully saturated rings. The number of alkyl halides is 3. The van der Waals surface area contributed by atoms with Crippen molar-refractivity contribution in [1.29, 1.82) is 0 Å². The maximum Gasteiger partial charge on any atom is 0.423 e. The van der Waals surface area contributed by atoms with Gasteiger partial charge >= 0.3 is 6.18 Å². The van der Waals surface area contributed by atoms with E-state index in [1.54, 1.807) is 0 Å². The zero-order chi connectivity index (χ0) is 8.65. The van der Waals surface area contributed by atoms with Gasteiger partial charge in [-0.25, -0.2) is 0 Å². The van der Waals surface area contributed by atoms with Crippen molar-refractivity contribution in [3.8, 4) is 0 Å². The lowest BCUT2D eigenvalue weighted by Crippen LogP contribution is -2.05. The lowest BCUT2D eigenvalue weighted by atomic mass is 10.4. The van der Waals surface area contributed by atoms with E-state index in [2.05, 4.69) is 4.37 Å². The molecule has 0 amide bonds. The van der Waals surface area contributed by atoms with Crippen molar-refractivity contribution in [2.45, 2.75) is 6.18 Å². The second kappa shape index (κ2) is 2.60. The Morgan fingerprint density at radius 2 is 1.91 bits per heavy atom. The van der Waals surface area contributed by atoms with E-state index in [-0.39, 0.29) is 11.5 Å². The Hall–Kier alpha value is -0.360. The molecule has 0 bridgehead atoms. The molecule has 0 aromatic carbocycles. The van der Waals surface area contributed by atoms with Crippen molar-refractivity contribution in [3.63, 3.8) is 0 Å². The van der Waals surface area contributed by atoms with E-state index in [1.165, 1.54) is 0 Å². The number of hydrogen-bond acceptors (Lipinski definition) is 2. The van der Waals surface area contributed by atoms with Crippen LogP contribution in [0, 0.1) is 5.13 Å². The predicted octanol–water partition coefficient (Wildman–Crippen LogP) is 2.95. The highest BCUT2D eigenvalue weighted by Gasteiger charge is 2.39. The highest BCUT2D eigenvalue weighted by Crippen LogP contribution is 2.37. The summed E-state index contributed by atoms with van der Waals surface area (Å²) in [7, 11) is 0. The first kappa shape index (κ1) is 8.73. The van der Waals surface area contributed by atoms with E-state index in [0.29, 0.717) is 0 Å². The van der Waals surface area contributed by atoms with Crippen LogP contribution in [0.1, 0.15) is 5.56 Å². The lowest BCUT2D eigenvalue weighted by molar-refractivity contribution is -0.139. The van der Waals surface area contributed by atoms with E-state index >= 15 is 0 Å². The molecule has 0 radical (unpaired) electrons. The summed E-state index contributed by atoms with van der Waals surface area (Å²) < 4.78 is 50.6.